The van der Waals surface area contributed by atoms with Crippen molar-refractivity contribution in [3.8, 4) is 0 Å². The summed E-state index contributed by atoms with van der Waals surface area (Å²) in [5.74, 6) is -0.981. The summed E-state index contributed by atoms with van der Waals surface area (Å²) in [5, 5.41) is 21.0. The van der Waals surface area contributed by atoms with Crippen molar-refractivity contribution in [2.24, 2.45) is 0 Å². The molecule has 64 valence electrons. The smallest absolute Gasteiger partial charge is 0.363 e. The molecule has 0 saturated heterocycles. The van der Waals surface area contributed by atoms with E-state index in [1.165, 1.54) is 0 Å². The lowest BCUT2D eigenvalue weighted by Gasteiger charge is -2.07. The van der Waals surface area contributed by atoms with Crippen LogP contribution in [0.1, 0.15) is 0 Å². The van der Waals surface area contributed by atoms with Crippen LogP contribution in [0.5, 0.6) is 0 Å². The van der Waals surface area contributed by atoms with E-state index in [2.05, 4.69) is 4.98 Å². The van der Waals surface area contributed by atoms with Crippen LogP contribution in [0.4, 0.5) is 17.5 Å². The third-order valence-corrected chi connectivity index (χ3v) is 1.21. The van der Waals surface area contributed by atoms with Crippen LogP contribution in [-0.2, 0) is 0 Å². The van der Waals surface area contributed by atoms with Gasteiger partial charge in [0.2, 0.25) is 0 Å². The van der Waals surface area contributed by atoms with E-state index in [0.717, 1.165) is 6.20 Å². The molecular formula is C4H5N5O3. The van der Waals surface area contributed by atoms with Gasteiger partial charge in [0.25, 0.3) is 5.82 Å². The molecule has 0 aliphatic carbocycles. The molecule has 0 bridgehead atoms. The normalized spacial score (nSPS) is 9.67. The van der Waals surface area contributed by atoms with Gasteiger partial charge in [0.1, 0.15) is 0 Å². The summed E-state index contributed by atoms with van der Waals surface area (Å²) in [4.78, 5) is 12.6. The molecule has 1 rings (SSSR count). The Morgan fingerprint density at radius 1 is 1.58 bits per heavy atom. The molecule has 1 aromatic heterocycles. The van der Waals surface area contributed by atoms with E-state index in [4.69, 9.17) is 11.5 Å². The molecule has 0 radical (unpaired) electrons. The number of hydrogen-bond acceptors (Lipinski definition) is 6. The van der Waals surface area contributed by atoms with Gasteiger partial charge in [0.15, 0.2) is 6.20 Å². The highest BCUT2D eigenvalue weighted by Crippen LogP contribution is 2.14. The second-order valence-corrected chi connectivity index (χ2v) is 1.94. The van der Waals surface area contributed by atoms with E-state index in [0.29, 0.717) is 0 Å². The minimum Gasteiger partial charge on any atom is -0.754 e. The van der Waals surface area contributed by atoms with Gasteiger partial charge in [-0.15, -0.1) is 4.98 Å². The molecule has 0 aliphatic rings. The minimum atomic E-state index is -0.809. The highest BCUT2D eigenvalue weighted by Gasteiger charge is 2.18. The first-order valence-corrected chi connectivity index (χ1v) is 2.82. The summed E-state index contributed by atoms with van der Waals surface area (Å²) in [6, 6.07) is 0. The lowest BCUT2D eigenvalue weighted by atomic mass is 10.5. The molecule has 0 saturated carbocycles. The Bertz CT molecular complexity index is 338. The molecule has 0 amide bonds. The average Bonchev–Trinajstić information content (AvgIpc) is 2.00. The fourth-order valence-electron chi connectivity index (χ4n) is 0.614. The van der Waals surface area contributed by atoms with Gasteiger partial charge in [-0.25, -0.2) is 4.73 Å². The first kappa shape index (κ1) is 7.98. The molecular weight excluding hydrogens is 166 g/mol. The number of nitrogen functional groups attached to an aromatic ring is 2. The predicted octanol–water partition coefficient (Wildman–Crippen LogP) is -1.21. The van der Waals surface area contributed by atoms with Gasteiger partial charge < -0.3 is 16.7 Å². The van der Waals surface area contributed by atoms with Crippen molar-refractivity contribution in [3.05, 3.63) is 21.5 Å². The van der Waals surface area contributed by atoms with Crippen molar-refractivity contribution in [1.29, 1.82) is 0 Å². The molecule has 0 aliphatic heterocycles. The third kappa shape index (κ3) is 1.05. The molecule has 8 nitrogen and oxygen atoms in total. The molecule has 1 aromatic rings. The van der Waals surface area contributed by atoms with E-state index in [1.54, 1.807) is 0 Å². The van der Waals surface area contributed by atoms with Crippen LogP contribution in [0, 0.1) is 15.3 Å². The number of hydrogen-bond donors (Lipinski definition) is 2. The van der Waals surface area contributed by atoms with Gasteiger partial charge in [0.05, 0.1) is 4.92 Å². The van der Waals surface area contributed by atoms with E-state index >= 15 is 0 Å². The maximum absolute atomic E-state index is 10.8. The van der Waals surface area contributed by atoms with E-state index in [-0.39, 0.29) is 4.73 Å². The van der Waals surface area contributed by atoms with E-state index in [1.807, 2.05) is 0 Å². The molecule has 0 unspecified atom stereocenters. The monoisotopic (exact) mass is 171 g/mol. The Hall–Kier alpha value is -2.12. The number of nitrogens with zero attached hydrogens (tertiary/aromatic N) is 3. The molecule has 0 spiro atoms. The molecule has 1 heterocycles. The zero-order chi connectivity index (χ0) is 9.30. The van der Waals surface area contributed by atoms with Crippen LogP contribution in [-0.4, -0.2) is 9.91 Å². The molecule has 0 fully saturated rings. The summed E-state index contributed by atoms with van der Waals surface area (Å²) >= 11 is 0. The second kappa shape index (κ2) is 2.49. The van der Waals surface area contributed by atoms with Gasteiger partial charge in [-0.05, 0) is 0 Å². The van der Waals surface area contributed by atoms with Crippen molar-refractivity contribution in [2.75, 3.05) is 11.5 Å². The largest absolute Gasteiger partial charge is 0.754 e. The number of nitro groups is 1. The summed E-state index contributed by atoms with van der Waals surface area (Å²) in [5.41, 5.74) is 9.54. The quantitative estimate of drug-likeness (QED) is 0.235. The van der Waals surface area contributed by atoms with Crippen LogP contribution < -0.4 is 16.2 Å². The van der Waals surface area contributed by atoms with Crippen molar-refractivity contribution in [2.45, 2.75) is 0 Å². The maximum atomic E-state index is 10.8. The van der Waals surface area contributed by atoms with Gasteiger partial charge >= 0.3 is 11.6 Å². The Kier molecular flexibility index (Phi) is 1.66. The lowest BCUT2D eigenvalue weighted by molar-refractivity contribution is -0.581. The Balaban J connectivity index is 3.36. The molecule has 8 heteroatoms. The molecule has 0 aromatic carbocycles. The summed E-state index contributed by atoms with van der Waals surface area (Å²) in [6.07, 6.45) is 0.832. The number of anilines is 2. The van der Waals surface area contributed by atoms with Crippen molar-refractivity contribution in [1.82, 2.24) is 4.98 Å². The lowest BCUT2D eigenvalue weighted by Crippen LogP contribution is -2.35. The first-order chi connectivity index (χ1) is 5.54. The van der Waals surface area contributed by atoms with Crippen molar-refractivity contribution < 1.29 is 9.65 Å². The van der Waals surface area contributed by atoms with Crippen LogP contribution in [0.2, 0.25) is 0 Å². The number of rotatable bonds is 1. The van der Waals surface area contributed by atoms with Crippen molar-refractivity contribution in [3.63, 3.8) is 0 Å². The van der Waals surface area contributed by atoms with Gasteiger partial charge in [-0.2, -0.15) is 0 Å². The van der Waals surface area contributed by atoms with E-state index < -0.39 is 22.4 Å². The fraction of sp³-hybridized carbons (Fsp3) is 0. The summed E-state index contributed by atoms with van der Waals surface area (Å²) < 4.78 is -0.00185. The van der Waals surface area contributed by atoms with Crippen LogP contribution >= 0.6 is 0 Å². The molecule has 4 N–H and O–H groups in total. The summed E-state index contributed by atoms with van der Waals surface area (Å²) in [7, 11) is 0. The third-order valence-electron chi connectivity index (χ3n) is 1.21. The SMILES string of the molecule is Nc1ncc([N+](=O)[O-])c(N)[n+]1[O-]. The topological polar surface area (TPSA) is 135 Å². The van der Waals surface area contributed by atoms with Gasteiger partial charge in [-0.1, -0.05) is 0 Å². The Morgan fingerprint density at radius 2 is 2.17 bits per heavy atom. The van der Waals surface area contributed by atoms with Gasteiger partial charge in [0, 0.05) is 0 Å². The number of aromatic nitrogens is 2. The zero-order valence-electron chi connectivity index (χ0n) is 5.80. The van der Waals surface area contributed by atoms with Crippen molar-refractivity contribution >= 4 is 17.5 Å². The molecule has 12 heavy (non-hydrogen) atoms. The van der Waals surface area contributed by atoms with Crippen LogP contribution in [0.15, 0.2) is 6.20 Å². The highest BCUT2D eigenvalue weighted by atomic mass is 16.6. The maximum Gasteiger partial charge on any atom is 0.363 e. The van der Waals surface area contributed by atoms with Crippen LogP contribution in [0.3, 0.4) is 0 Å². The standard InChI is InChI=1S/C4H5N5O3/c5-3-2(9(11)12)1-7-4(6)8(3)10/h1H,5H2,(H2,6,7). The predicted molar refractivity (Wildman–Crippen MR) is 38.7 cm³/mol. The Morgan fingerprint density at radius 3 is 2.67 bits per heavy atom. The average molecular weight is 171 g/mol. The molecule has 0 atom stereocenters. The second-order valence-electron chi connectivity index (χ2n) is 1.94. The summed E-state index contributed by atoms with van der Waals surface area (Å²) in [6.45, 7) is 0. The minimum absolute atomic E-state index is 0.00185. The van der Waals surface area contributed by atoms with Gasteiger partial charge in [-0.3, -0.25) is 10.1 Å². The number of nitrogens with two attached hydrogens (primary N) is 2. The first-order valence-electron chi connectivity index (χ1n) is 2.82. The van der Waals surface area contributed by atoms with Crippen LogP contribution in [0.25, 0.3) is 0 Å². The van der Waals surface area contributed by atoms with E-state index in [9.17, 15) is 15.3 Å². The highest BCUT2D eigenvalue weighted by molar-refractivity contribution is 5.47. The Labute approximate surface area is 66.2 Å². The fourth-order valence-corrected chi connectivity index (χ4v) is 0.614. The zero-order valence-corrected chi connectivity index (χ0v) is 5.80.